The summed E-state index contributed by atoms with van der Waals surface area (Å²) in [5.41, 5.74) is 1.10. The monoisotopic (exact) mass is 462 g/mol. The molecule has 0 aliphatic rings. The van der Waals surface area contributed by atoms with E-state index in [-0.39, 0.29) is 17.6 Å². The summed E-state index contributed by atoms with van der Waals surface area (Å²) >= 11 is 1.24. The molecule has 1 aromatic heterocycles. The highest BCUT2D eigenvalue weighted by Crippen LogP contribution is 2.20. The number of aromatic nitrogens is 4. The second kappa shape index (κ2) is 10.6. The van der Waals surface area contributed by atoms with Crippen molar-refractivity contribution >= 4 is 40.0 Å². The third-order valence-corrected chi connectivity index (χ3v) is 5.73. The van der Waals surface area contributed by atoms with E-state index >= 15 is 0 Å². The van der Waals surface area contributed by atoms with Gasteiger partial charge in [0.05, 0.1) is 12.3 Å². The van der Waals surface area contributed by atoms with E-state index in [2.05, 4.69) is 26.2 Å². The lowest BCUT2D eigenvalue weighted by Gasteiger charge is -2.09. The summed E-state index contributed by atoms with van der Waals surface area (Å²) in [6, 6.07) is 20.7. The molecule has 2 N–H and O–H groups in total. The molecule has 4 aromatic rings. The van der Waals surface area contributed by atoms with Gasteiger partial charge in [-0.25, -0.2) is 4.68 Å². The van der Waals surface area contributed by atoms with Crippen LogP contribution >= 0.6 is 11.8 Å². The maximum Gasteiger partial charge on any atom is 0.251 e. The van der Waals surface area contributed by atoms with Gasteiger partial charge in [-0.1, -0.05) is 42.1 Å². The van der Waals surface area contributed by atoms with Crippen molar-refractivity contribution in [1.29, 1.82) is 0 Å². The number of ether oxygens (including phenoxy) is 1. The van der Waals surface area contributed by atoms with E-state index < -0.39 is 0 Å². The minimum atomic E-state index is -0.208. The molecule has 0 fully saturated rings. The first-order valence-electron chi connectivity index (χ1n) is 10.2. The maximum atomic E-state index is 12.4. The van der Waals surface area contributed by atoms with Crippen molar-refractivity contribution in [3.05, 3.63) is 72.3 Å². The lowest BCUT2D eigenvalue weighted by Crippen LogP contribution is -2.28. The van der Waals surface area contributed by atoms with Gasteiger partial charge < -0.3 is 15.4 Å². The quantitative estimate of drug-likeness (QED) is 0.291. The van der Waals surface area contributed by atoms with Crippen molar-refractivity contribution in [2.75, 3.05) is 24.2 Å². The first-order valence-corrected chi connectivity index (χ1v) is 11.2. The second-order valence-electron chi connectivity index (χ2n) is 7.11. The largest absolute Gasteiger partial charge is 0.492 e. The molecule has 0 bridgehead atoms. The zero-order chi connectivity index (χ0) is 23.0. The van der Waals surface area contributed by atoms with E-state index in [1.807, 2.05) is 42.5 Å². The molecule has 3 aromatic carbocycles. The van der Waals surface area contributed by atoms with Crippen LogP contribution in [-0.2, 0) is 11.8 Å². The zero-order valence-electron chi connectivity index (χ0n) is 17.9. The highest BCUT2D eigenvalue weighted by molar-refractivity contribution is 7.99. The van der Waals surface area contributed by atoms with Gasteiger partial charge in [0.2, 0.25) is 11.1 Å². The highest BCUT2D eigenvalue weighted by atomic mass is 32.2. The summed E-state index contributed by atoms with van der Waals surface area (Å²) in [5, 5.41) is 19.5. The number of rotatable bonds is 9. The van der Waals surface area contributed by atoms with Gasteiger partial charge in [0, 0.05) is 18.3 Å². The molecule has 0 unspecified atom stereocenters. The number of tetrazole rings is 1. The van der Waals surface area contributed by atoms with Gasteiger partial charge in [-0.15, -0.1) is 5.10 Å². The third kappa shape index (κ3) is 6.07. The van der Waals surface area contributed by atoms with Crippen molar-refractivity contribution in [1.82, 2.24) is 25.5 Å². The average Bonchev–Trinajstić information content (AvgIpc) is 3.25. The van der Waals surface area contributed by atoms with Gasteiger partial charge >= 0.3 is 0 Å². The number of thioether (sulfide) groups is 1. The summed E-state index contributed by atoms with van der Waals surface area (Å²) in [7, 11) is 1.71. The maximum absolute atomic E-state index is 12.4. The Labute approximate surface area is 194 Å². The average molecular weight is 463 g/mol. The smallest absolute Gasteiger partial charge is 0.251 e. The van der Waals surface area contributed by atoms with Crippen molar-refractivity contribution in [2.24, 2.45) is 7.05 Å². The number of fused-ring (bicyclic) bond motifs is 1. The number of benzene rings is 3. The van der Waals surface area contributed by atoms with E-state index in [0.717, 1.165) is 16.5 Å². The molecule has 9 nitrogen and oxygen atoms in total. The Morgan fingerprint density at radius 1 is 1.03 bits per heavy atom. The number of aryl methyl sites for hydroxylation is 1. The van der Waals surface area contributed by atoms with Gasteiger partial charge in [0.15, 0.2) is 0 Å². The van der Waals surface area contributed by atoms with Crippen LogP contribution in [0.3, 0.4) is 0 Å². The van der Waals surface area contributed by atoms with Crippen LogP contribution in [0.25, 0.3) is 10.8 Å². The molecule has 0 atom stereocenters. The number of nitrogens with zero attached hydrogens (tertiary/aromatic N) is 4. The molecule has 10 heteroatoms. The van der Waals surface area contributed by atoms with Crippen molar-refractivity contribution in [3.63, 3.8) is 0 Å². The van der Waals surface area contributed by atoms with Gasteiger partial charge in [-0.05, 0) is 57.6 Å². The van der Waals surface area contributed by atoms with Crippen LogP contribution in [0.5, 0.6) is 5.75 Å². The number of carbonyl (C=O) groups is 2. The lowest BCUT2D eigenvalue weighted by molar-refractivity contribution is -0.113. The number of hydrogen-bond donors (Lipinski definition) is 2. The molecule has 33 heavy (non-hydrogen) atoms. The first-order chi connectivity index (χ1) is 16.1. The van der Waals surface area contributed by atoms with E-state index in [1.54, 1.807) is 31.3 Å². The summed E-state index contributed by atoms with van der Waals surface area (Å²) in [5.74, 6) is 0.538. The Kier molecular flexibility index (Phi) is 7.16. The molecule has 0 aliphatic heterocycles. The van der Waals surface area contributed by atoms with E-state index in [0.29, 0.717) is 29.6 Å². The molecule has 0 spiro atoms. The van der Waals surface area contributed by atoms with Crippen LogP contribution in [0, 0.1) is 0 Å². The van der Waals surface area contributed by atoms with Gasteiger partial charge in [-0.3, -0.25) is 9.59 Å². The summed E-state index contributed by atoms with van der Waals surface area (Å²) in [6.07, 6.45) is 0. The normalized spacial score (nSPS) is 10.7. The second-order valence-corrected chi connectivity index (χ2v) is 8.06. The molecule has 0 saturated carbocycles. The fourth-order valence-electron chi connectivity index (χ4n) is 3.07. The van der Waals surface area contributed by atoms with E-state index in [4.69, 9.17) is 4.74 Å². The lowest BCUT2D eigenvalue weighted by atomic mass is 10.1. The van der Waals surface area contributed by atoms with Crippen LogP contribution in [0.4, 0.5) is 5.69 Å². The minimum Gasteiger partial charge on any atom is -0.492 e. The summed E-state index contributed by atoms with van der Waals surface area (Å²) in [6.45, 7) is 0.731. The molecule has 0 radical (unpaired) electrons. The predicted octanol–water partition coefficient (Wildman–Crippen LogP) is 2.90. The number of amides is 2. The van der Waals surface area contributed by atoms with E-state index in [1.165, 1.54) is 16.4 Å². The number of hydrogen-bond acceptors (Lipinski definition) is 7. The minimum absolute atomic E-state index is 0.174. The zero-order valence-corrected chi connectivity index (χ0v) is 18.7. The number of nitrogens with one attached hydrogen (secondary N) is 2. The highest BCUT2D eigenvalue weighted by Gasteiger charge is 2.09. The molecule has 2 amide bonds. The van der Waals surface area contributed by atoms with Crippen LogP contribution in [0.1, 0.15) is 10.4 Å². The molecular formula is C23H22N6O3S. The summed E-state index contributed by atoms with van der Waals surface area (Å²) in [4.78, 5) is 24.5. The van der Waals surface area contributed by atoms with Crippen LogP contribution in [-0.4, -0.2) is 50.9 Å². The molecule has 4 rings (SSSR count). The van der Waals surface area contributed by atoms with Crippen molar-refractivity contribution < 1.29 is 14.3 Å². The van der Waals surface area contributed by atoms with E-state index in [9.17, 15) is 9.59 Å². The molecule has 1 heterocycles. The molecular weight excluding hydrogens is 440 g/mol. The van der Waals surface area contributed by atoms with Crippen molar-refractivity contribution in [2.45, 2.75) is 5.16 Å². The SMILES string of the molecule is Cn1nnnc1SCC(=O)Nc1ccc(C(=O)NCCOc2ccc3ccccc3c2)cc1. The molecule has 0 aliphatic carbocycles. The first kappa shape index (κ1) is 22.3. The topological polar surface area (TPSA) is 111 Å². The number of anilines is 1. The number of carbonyl (C=O) groups excluding carboxylic acids is 2. The van der Waals surface area contributed by atoms with Crippen LogP contribution < -0.4 is 15.4 Å². The van der Waals surface area contributed by atoms with Crippen LogP contribution in [0.2, 0.25) is 0 Å². The van der Waals surface area contributed by atoms with Gasteiger partial charge in [0.1, 0.15) is 12.4 Å². The van der Waals surface area contributed by atoms with Crippen LogP contribution in [0.15, 0.2) is 71.9 Å². The Morgan fingerprint density at radius 2 is 1.82 bits per heavy atom. The fourth-order valence-corrected chi connectivity index (χ4v) is 3.72. The molecule has 168 valence electrons. The predicted molar refractivity (Wildman–Crippen MR) is 126 cm³/mol. The third-order valence-electron chi connectivity index (χ3n) is 4.72. The summed E-state index contributed by atoms with van der Waals surface area (Å²) < 4.78 is 7.24. The standard InChI is InChI=1S/C23H22N6O3S/c1-29-23(26-27-28-29)33-15-21(30)25-19-9-6-17(7-10-19)22(31)24-12-13-32-20-11-8-16-4-2-3-5-18(16)14-20/h2-11,14H,12-13,15H2,1H3,(H,24,31)(H,25,30). The van der Waals surface area contributed by atoms with Gasteiger partial charge in [-0.2, -0.15) is 0 Å². The Morgan fingerprint density at radius 3 is 2.58 bits per heavy atom. The molecule has 0 saturated heterocycles. The van der Waals surface area contributed by atoms with Crippen molar-refractivity contribution in [3.8, 4) is 5.75 Å². The fraction of sp³-hybridized carbons (Fsp3) is 0.174. The Balaban J connectivity index is 1.20. The Bertz CT molecular complexity index is 1260. The Hall–Kier alpha value is -3.92. The van der Waals surface area contributed by atoms with Gasteiger partial charge in [0.25, 0.3) is 5.91 Å².